The first-order valence-electron chi connectivity index (χ1n) is 11.7. The van der Waals surface area contributed by atoms with Crippen LogP contribution in [0.1, 0.15) is 23.9 Å². The van der Waals surface area contributed by atoms with Crippen molar-refractivity contribution in [2.75, 3.05) is 0 Å². The normalized spacial score (nSPS) is 14.1. The summed E-state index contributed by atoms with van der Waals surface area (Å²) in [6.07, 6.45) is 5.99. The summed E-state index contributed by atoms with van der Waals surface area (Å²) >= 11 is 0. The van der Waals surface area contributed by atoms with E-state index in [1.807, 2.05) is 0 Å². The fourth-order valence-corrected chi connectivity index (χ4v) is 3.57. The summed E-state index contributed by atoms with van der Waals surface area (Å²) in [5, 5.41) is 26.6. The summed E-state index contributed by atoms with van der Waals surface area (Å²) in [7, 11) is 0. The Morgan fingerprint density at radius 2 is 1.42 bits per heavy atom. The molecule has 38 heavy (non-hydrogen) atoms. The third-order valence-corrected chi connectivity index (χ3v) is 5.69. The smallest absolute Gasteiger partial charge is 0.326 e. The number of nitrogens with two attached hydrogens (primary N) is 1. The fourth-order valence-electron chi connectivity index (χ4n) is 3.57. The van der Waals surface area contributed by atoms with Crippen molar-refractivity contribution in [3.05, 3.63) is 66.3 Å². The van der Waals surface area contributed by atoms with Crippen molar-refractivity contribution < 1.29 is 29.4 Å². The van der Waals surface area contributed by atoms with Crippen LogP contribution in [-0.4, -0.2) is 78.0 Å². The van der Waals surface area contributed by atoms with E-state index in [0.29, 0.717) is 17.0 Å². The van der Waals surface area contributed by atoms with Gasteiger partial charge in [-0.05, 0) is 24.6 Å². The molecule has 0 saturated heterocycles. The number of imidazole rings is 2. The topological polar surface area (TPSA) is 228 Å². The number of aromatic hydroxyl groups is 1. The van der Waals surface area contributed by atoms with Gasteiger partial charge in [-0.15, -0.1) is 0 Å². The minimum atomic E-state index is -1.25. The van der Waals surface area contributed by atoms with E-state index in [0.717, 1.165) is 0 Å². The highest BCUT2D eigenvalue weighted by molar-refractivity contribution is 5.94. The summed E-state index contributed by atoms with van der Waals surface area (Å²) in [4.78, 5) is 63.6. The first-order chi connectivity index (χ1) is 18.1. The molecule has 0 fully saturated rings. The monoisotopic (exact) mass is 526 g/mol. The zero-order valence-corrected chi connectivity index (χ0v) is 20.5. The average Bonchev–Trinajstić information content (AvgIpc) is 3.58. The van der Waals surface area contributed by atoms with Gasteiger partial charge >= 0.3 is 5.97 Å². The summed E-state index contributed by atoms with van der Waals surface area (Å²) < 4.78 is 0. The van der Waals surface area contributed by atoms with Gasteiger partial charge in [0, 0.05) is 43.0 Å². The number of carboxylic acids is 1. The van der Waals surface area contributed by atoms with Crippen molar-refractivity contribution in [2.45, 2.75) is 50.4 Å². The van der Waals surface area contributed by atoms with Crippen LogP contribution in [0, 0.1) is 0 Å². The van der Waals surface area contributed by atoms with Crippen LogP contribution >= 0.6 is 0 Å². The molecule has 0 saturated carbocycles. The molecule has 202 valence electrons. The van der Waals surface area contributed by atoms with Crippen LogP contribution in [0.2, 0.25) is 0 Å². The Morgan fingerprint density at radius 3 is 1.97 bits per heavy atom. The maximum atomic E-state index is 13.1. The van der Waals surface area contributed by atoms with Gasteiger partial charge in [0.05, 0.1) is 18.7 Å². The molecule has 2 aromatic heterocycles. The van der Waals surface area contributed by atoms with Crippen molar-refractivity contribution in [3.8, 4) is 5.75 Å². The van der Waals surface area contributed by atoms with Gasteiger partial charge in [-0.2, -0.15) is 0 Å². The van der Waals surface area contributed by atoms with Gasteiger partial charge in [0.15, 0.2) is 0 Å². The Balaban J connectivity index is 1.66. The third-order valence-electron chi connectivity index (χ3n) is 5.69. The number of aliphatic carboxylic acids is 1. The van der Waals surface area contributed by atoms with E-state index in [1.165, 1.54) is 44.1 Å². The molecule has 0 aliphatic carbocycles. The number of amides is 3. The number of hydrogen-bond donors (Lipinski definition) is 8. The number of carbonyl (C=O) groups excluding carboxylic acids is 3. The van der Waals surface area contributed by atoms with Gasteiger partial charge in [0.25, 0.3) is 0 Å². The minimum Gasteiger partial charge on any atom is -0.508 e. The van der Waals surface area contributed by atoms with Crippen LogP contribution in [0.3, 0.4) is 0 Å². The molecule has 4 atom stereocenters. The second kappa shape index (κ2) is 13.0. The molecule has 0 aliphatic heterocycles. The quantitative estimate of drug-likeness (QED) is 0.133. The Labute approximate surface area is 217 Å². The van der Waals surface area contributed by atoms with E-state index in [2.05, 4.69) is 35.9 Å². The summed E-state index contributed by atoms with van der Waals surface area (Å²) in [5.41, 5.74) is 7.79. The van der Waals surface area contributed by atoms with Crippen LogP contribution in [0.25, 0.3) is 0 Å². The Morgan fingerprint density at radius 1 is 0.842 bits per heavy atom. The molecule has 14 nitrogen and oxygen atoms in total. The van der Waals surface area contributed by atoms with Gasteiger partial charge in [-0.1, -0.05) is 12.1 Å². The first-order valence-corrected chi connectivity index (χ1v) is 11.7. The number of phenolic OH excluding ortho intramolecular Hbond substituents is 1. The number of benzene rings is 1. The number of rotatable bonds is 13. The summed E-state index contributed by atoms with van der Waals surface area (Å²) in [6.45, 7) is 1.39. The number of aromatic nitrogens is 4. The molecule has 14 heteroatoms. The lowest BCUT2D eigenvalue weighted by atomic mass is 10.0. The Hall–Kier alpha value is -4.72. The molecule has 3 amide bonds. The fraction of sp³-hybridized carbons (Fsp3) is 0.333. The van der Waals surface area contributed by atoms with Crippen molar-refractivity contribution in [1.29, 1.82) is 0 Å². The molecule has 2 heterocycles. The van der Waals surface area contributed by atoms with Crippen molar-refractivity contribution in [2.24, 2.45) is 5.73 Å². The highest BCUT2D eigenvalue weighted by atomic mass is 16.4. The van der Waals surface area contributed by atoms with Crippen molar-refractivity contribution in [1.82, 2.24) is 35.9 Å². The largest absolute Gasteiger partial charge is 0.508 e. The molecule has 3 rings (SSSR count). The molecule has 0 radical (unpaired) electrons. The van der Waals surface area contributed by atoms with Gasteiger partial charge < -0.3 is 41.9 Å². The number of carboxylic acid groups (broad SMARTS) is 1. The second-order valence-electron chi connectivity index (χ2n) is 8.73. The standard InChI is InChI=1S/C24H30N8O6/c1-13(21(34)32-20(24(37)38)8-16-10-27-12-29-16)30-23(36)19(6-14-2-4-17(33)5-3-14)31-22(35)18(25)7-15-9-26-11-28-15/h2-5,9-13,18-20,33H,6-8,25H2,1H3,(H,26,28)(H,27,29)(H,30,36)(H,31,35)(H,32,34)(H,37,38). The molecule has 3 aromatic rings. The zero-order valence-electron chi connectivity index (χ0n) is 20.5. The van der Waals surface area contributed by atoms with Gasteiger partial charge in [-0.25, -0.2) is 14.8 Å². The minimum absolute atomic E-state index is 0.0322. The second-order valence-corrected chi connectivity index (χ2v) is 8.73. The van der Waals surface area contributed by atoms with Gasteiger partial charge in [-0.3, -0.25) is 14.4 Å². The maximum absolute atomic E-state index is 13.1. The van der Waals surface area contributed by atoms with E-state index < -0.39 is 47.9 Å². The van der Waals surface area contributed by atoms with Crippen LogP contribution in [-0.2, 0) is 38.4 Å². The van der Waals surface area contributed by atoms with Gasteiger partial charge in [0.2, 0.25) is 17.7 Å². The lowest BCUT2D eigenvalue weighted by molar-refractivity contribution is -0.142. The number of nitrogens with zero attached hydrogens (tertiary/aromatic N) is 2. The van der Waals surface area contributed by atoms with E-state index in [9.17, 15) is 29.4 Å². The SMILES string of the molecule is CC(NC(=O)C(Cc1ccc(O)cc1)NC(=O)C(N)Cc1cnc[nH]1)C(=O)NC(Cc1cnc[nH]1)C(=O)O. The lowest BCUT2D eigenvalue weighted by Gasteiger charge is -2.23. The van der Waals surface area contributed by atoms with Crippen LogP contribution in [0.5, 0.6) is 5.75 Å². The molecular formula is C24H30N8O6. The van der Waals surface area contributed by atoms with Gasteiger partial charge in [0.1, 0.15) is 23.9 Å². The highest BCUT2D eigenvalue weighted by Gasteiger charge is 2.29. The first kappa shape index (κ1) is 27.9. The summed E-state index contributed by atoms with van der Waals surface area (Å²) in [5.74, 6) is -3.22. The predicted molar refractivity (Wildman–Crippen MR) is 133 cm³/mol. The molecule has 0 spiro atoms. The van der Waals surface area contributed by atoms with Crippen LogP contribution in [0.15, 0.2) is 49.3 Å². The molecule has 1 aromatic carbocycles. The highest BCUT2D eigenvalue weighted by Crippen LogP contribution is 2.12. The average molecular weight is 527 g/mol. The Kier molecular flexibility index (Phi) is 9.54. The predicted octanol–water partition coefficient (Wildman–Crippen LogP) is -1.25. The number of phenols is 1. The van der Waals surface area contributed by atoms with E-state index in [4.69, 9.17) is 5.73 Å². The van der Waals surface area contributed by atoms with E-state index in [-0.39, 0.29) is 25.0 Å². The van der Waals surface area contributed by atoms with E-state index >= 15 is 0 Å². The molecular weight excluding hydrogens is 496 g/mol. The number of H-pyrrole nitrogens is 2. The Bertz CT molecular complexity index is 1210. The van der Waals surface area contributed by atoms with Crippen LogP contribution < -0.4 is 21.7 Å². The van der Waals surface area contributed by atoms with Crippen LogP contribution in [0.4, 0.5) is 0 Å². The number of nitrogens with one attached hydrogen (secondary N) is 5. The summed E-state index contributed by atoms with van der Waals surface area (Å²) in [6, 6.07) is 1.60. The molecule has 4 unspecified atom stereocenters. The maximum Gasteiger partial charge on any atom is 0.326 e. The van der Waals surface area contributed by atoms with E-state index in [1.54, 1.807) is 12.1 Å². The number of hydrogen-bond acceptors (Lipinski definition) is 8. The van der Waals surface area contributed by atoms with Crippen molar-refractivity contribution in [3.63, 3.8) is 0 Å². The third kappa shape index (κ3) is 8.16. The van der Waals surface area contributed by atoms with Crippen molar-refractivity contribution >= 4 is 23.7 Å². The molecule has 9 N–H and O–H groups in total. The number of aromatic amines is 2. The number of carbonyl (C=O) groups is 4. The lowest BCUT2D eigenvalue weighted by Crippen LogP contribution is -2.57. The zero-order chi connectivity index (χ0) is 27.7. The molecule has 0 bridgehead atoms. The molecule has 0 aliphatic rings.